The van der Waals surface area contributed by atoms with Gasteiger partial charge in [0.05, 0.1) is 30.5 Å². The highest BCUT2D eigenvalue weighted by Gasteiger charge is 2.40. The van der Waals surface area contributed by atoms with E-state index in [2.05, 4.69) is 32.8 Å². The van der Waals surface area contributed by atoms with Crippen LogP contribution in [0, 0.1) is 0 Å². The van der Waals surface area contributed by atoms with E-state index in [0.717, 1.165) is 28.7 Å². The number of ether oxygens (including phenoxy) is 1. The number of carbonyl (C=O) groups is 1. The van der Waals surface area contributed by atoms with E-state index in [0.29, 0.717) is 5.56 Å². The molecule has 1 aromatic carbocycles. The number of rotatable bonds is 5. The second-order valence-corrected chi connectivity index (χ2v) is 7.14. The molecule has 29 heavy (non-hydrogen) atoms. The van der Waals surface area contributed by atoms with Crippen molar-refractivity contribution in [1.29, 1.82) is 0 Å². The normalized spacial score (nSPS) is 18.6. The third kappa shape index (κ3) is 3.49. The molecule has 0 amide bonds. The Hall–Kier alpha value is -3.19. The van der Waals surface area contributed by atoms with Crippen molar-refractivity contribution >= 4 is 23.3 Å². The predicted molar refractivity (Wildman–Crippen MR) is 115 cm³/mol. The van der Waals surface area contributed by atoms with Crippen molar-refractivity contribution in [2.24, 2.45) is 0 Å². The molecular formula is C22H22N4O2S. The highest BCUT2D eigenvalue weighted by molar-refractivity contribution is 7.80. The first-order valence-corrected chi connectivity index (χ1v) is 9.89. The molecule has 2 atom stereocenters. The van der Waals surface area contributed by atoms with E-state index in [4.69, 9.17) is 17.0 Å². The summed E-state index contributed by atoms with van der Waals surface area (Å²) in [5.74, 6) is -0.345. The van der Waals surface area contributed by atoms with Crippen molar-refractivity contribution in [3.63, 3.8) is 0 Å². The van der Waals surface area contributed by atoms with Crippen molar-refractivity contribution < 1.29 is 9.53 Å². The lowest BCUT2D eigenvalue weighted by Crippen LogP contribution is -2.30. The van der Waals surface area contributed by atoms with Crippen LogP contribution in [0.1, 0.15) is 40.8 Å². The Morgan fingerprint density at radius 2 is 1.97 bits per heavy atom. The Labute approximate surface area is 175 Å². The number of hydrogen-bond acceptors (Lipinski definition) is 4. The summed E-state index contributed by atoms with van der Waals surface area (Å²) in [4.78, 5) is 18.5. The second kappa shape index (κ2) is 8.05. The first-order chi connectivity index (χ1) is 14.1. The lowest BCUT2D eigenvalue weighted by Gasteiger charge is -2.28. The molecule has 0 radical (unpaired) electrons. The van der Waals surface area contributed by atoms with E-state index in [-0.39, 0.29) is 18.1 Å². The molecule has 0 aliphatic carbocycles. The van der Waals surface area contributed by atoms with Crippen LogP contribution in [0.3, 0.4) is 0 Å². The highest BCUT2D eigenvalue weighted by Crippen LogP contribution is 2.39. The molecule has 7 heteroatoms. The van der Waals surface area contributed by atoms with Crippen LogP contribution in [0.2, 0.25) is 0 Å². The zero-order valence-corrected chi connectivity index (χ0v) is 17.1. The maximum Gasteiger partial charge on any atom is 0.337 e. The molecule has 148 valence electrons. The topological polar surface area (TPSA) is 59.4 Å². The van der Waals surface area contributed by atoms with Gasteiger partial charge in [-0.05, 0) is 67.7 Å². The molecule has 4 rings (SSSR count). The number of nitrogens with one attached hydrogen (secondary N) is 1. The summed E-state index contributed by atoms with van der Waals surface area (Å²) in [6.45, 7) is 2.88. The Bertz CT molecular complexity index is 1020. The zero-order chi connectivity index (χ0) is 20.4. The summed E-state index contributed by atoms with van der Waals surface area (Å²) < 4.78 is 6.92. The molecule has 0 bridgehead atoms. The molecule has 1 N–H and O–H groups in total. The molecule has 2 aromatic heterocycles. The van der Waals surface area contributed by atoms with Crippen LogP contribution in [0.5, 0.6) is 0 Å². The van der Waals surface area contributed by atoms with E-state index in [1.807, 2.05) is 42.6 Å². The number of pyridine rings is 1. The highest BCUT2D eigenvalue weighted by atomic mass is 32.1. The minimum absolute atomic E-state index is 0.00214. The van der Waals surface area contributed by atoms with Crippen LogP contribution in [0.15, 0.2) is 67.0 Å². The number of methoxy groups -OCH3 is 1. The van der Waals surface area contributed by atoms with Gasteiger partial charge >= 0.3 is 5.97 Å². The van der Waals surface area contributed by atoms with Crippen LogP contribution in [0.25, 0.3) is 5.69 Å². The molecule has 3 aromatic rings. The van der Waals surface area contributed by atoms with Crippen LogP contribution in [0.4, 0.5) is 0 Å². The first kappa shape index (κ1) is 19.1. The molecular weight excluding hydrogens is 384 g/mol. The van der Waals surface area contributed by atoms with Crippen LogP contribution < -0.4 is 5.32 Å². The average molecular weight is 407 g/mol. The van der Waals surface area contributed by atoms with Crippen molar-refractivity contribution in [1.82, 2.24) is 19.8 Å². The van der Waals surface area contributed by atoms with E-state index in [9.17, 15) is 4.79 Å². The van der Waals surface area contributed by atoms with Gasteiger partial charge in [0.15, 0.2) is 5.11 Å². The molecule has 1 aliphatic rings. The van der Waals surface area contributed by atoms with Gasteiger partial charge in [-0.1, -0.05) is 6.07 Å². The van der Waals surface area contributed by atoms with Gasteiger partial charge in [0.2, 0.25) is 0 Å². The maximum absolute atomic E-state index is 11.7. The fraction of sp³-hybridized carbons (Fsp3) is 0.227. The molecule has 0 spiro atoms. The van der Waals surface area contributed by atoms with Crippen LogP contribution in [-0.4, -0.2) is 39.2 Å². The van der Waals surface area contributed by atoms with E-state index >= 15 is 0 Å². The fourth-order valence-electron chi connectivity index (χ4n) is 3.81. The molecule has 0 saturated carbocycles. The van der Waals surface area contributed by atoms with Crippen molar-refractivity contribution in [3.8, 4) is 5.69 Å². The number of benzene rings is 1. The van der Waals surface area contributed by atoms with Crippen molar-refractivity contribution in [2.75, 3.05) is 13.7 Å². The molecule has 1 fully saturated rings. The summed E-state index contributed by atoms with van der Waals surface area (Å²) in [6.07, 6.45) is 3.82. The quantitative estimate of drug-likeness (QED) is 0.516. The molecule has 2 unspecified atom stereocenters. The third-order valence-electron chi connectivity index (χ3n) is 5.19. The van der Waals surface area contributed by atoms with Gasteiger partial charge in [-0.2, -0.15) is 0 Å². The summed E-state index contributed by atoms with van der Waals surface area (Å²) in [5, 5.41) is 4.16. The van der Waals surface area contributed by atoms with E-state index in [1.165, 1.54) is 7.11 Å². The lowest BCUT2D eigenvalue weighted by atomic mass is 10.0. The number of esters is 1. The molecule has 6 nitrogen and oxygen atoms in total. The van der Waals surface area contributed by atoms with Gasteiger partial charge in [-0.25, -0.2) is 4.79 Å². The summed E-state index contributed by atoms with van der Waals surface area (Å²) in [6, 6.07) is 17.4. The SMILES string of the molecule is CCN1C(=S)NC(c2ccccn2)C1c1cccn1-c1ccc(C(=O)OC)cc1. The van der Waals surface area contributed by atoms with Gasteiger partial charge in [0, 0.05) is 30.3 Å². The Balaban J connectivity index is 1.75. The Morgan fingerprint density at radius 1 is 1.17 bits per heavy atom. The van der Waals surface area contributed by atoms with Gasteiger partial charge in [-0.15, -0.1) is 0 Å². The monoisotopic (exact) mass is 406 g/mol. The summed E-state index contributed by atoms with van der Waals surface area (Å²) in [7, 11) is 1.38. The average Bonchev–Trinajstić information content (AvgIpc) is 3.37. The number of thiocarbonyl (C=S) groups is 1. The van der Waals surface area contributed by atoms with Gasteiger partial charge in [-0.3, -0.25) is 4.98 Å². The van der Waals surface area contributed by atoms with Crippen molar-refractivity contribution in [2.45, 2.75) is 19.0 Å². The maximum atomic E-state index is 11.7. The molecule has 1 saturated heterocycles. The van der Waals surface area contributed by atoms with Crippen molar-refractivity contribution in [3.05, 3.63) is 83.9 Å². The Kier molecular flexibility index (Phi) is 5.31. The standard InChI is InChI=1S/C22H22N4O2S/c1-3-25-20(19(24-22(25)29)17-7-4-5-13-23-17)18-8-6-14-26(18)16-11-9-15(10-12-16)21(27)28-2/h4-14,19-20H,3H2,1-2H3,(H,24,29). The zero-order valence-electron chi connectivity index (χ0n) is 16.3. The van der Waals surface area contributed by atoms with Crippen LogP contribution in [-0.2, 0) is 4.74 Å². The van der Waals surface area contributed by atoms with E-state index < -0.39 is 0 Å². The Morgan fingerprint density at radius 3 is 2.62 bits per heavy atom. The fourth-order valence-corrected chi connectivity index (χ4v) is 4.18. The number of aromatic nitrogens is 2. The first-order valence-electron chi connectivity index (χ1n) is 9.48. The van der Waals surface area contributed by atoms with Gasteiger partial charge in [0.25, 0.3) is 0 Å². The summed E-state index contributed by atoms with van der Waals surface area (Å²) in [5.41, 5.74) is 3.53. The number of nitrogens with zero attached hydrogens (tertiary/aromatic N) is 3. The lowest BCUT2D eigenvalue weighted by molar-refractivity contribution is 0.0600. The minimum Gasteiger partial charge on any atom is -0.465 e. The smallest absolute Gasteiger partial charge is 0.337 e. The summed E-state index contributed by atoms with van der Waals surface area (Å²) >= 11 is 5.61. The van der Waals surface area contributed by atoms with E-state index in [1.54, 1.807) is 18.3 Å². The molecule has 1 aliphatic heterocycles. The van der Waals surface area contributed by atoms with Gasteiger partial charge in [0.1, 0.15) is 0 Å². The number of hydrogen-bond donors (Lipinski definition) is 1. The van der Waals surface area contributed by atoms with Gasteiger partial charge < -0.3 is 19.5 Å². The number of carbonyl (C=O) groups excluding carboxylic acids is 1. The predicted octanol–water partition coefficient (Wildman–Crippen LogP) is 3.65. The second-order valence-electron chi connectivity index (χ2n) is 6.75. The largest absolute Gasteiger partial charge is 0.465 e. The third-order valence-corrected chi connectivity index (χ3v) is 5.54. The van der Waals surface area contributed by atoms with Crippen LogP contribution >= 0.6 is 12.2 Å². The minimum atomic E-state index is -0.345. The molecule has 3 heterocycles. The number of likely N-dealkylation sites (N-methyl/N-ethyl adjacent to an activating group) is 1.